The van der Waals surface area contributed by atoms with Gasteiger partial charge in [-0.3, -0.25) is 0 Å². The summed E-state index contributed by atoms with van der Waals surface area (Å²) in [6.07, 6.45) is 0. The van der Waals surface area contributed by atoms with Crippen LogP contribution in [0.2, 0.25) is 0 Å². The van der Waals surface area contributed by atoms with E-state index in [1.807, 2.05) is 12.1 Å². The number of rotatable bonds is 0. The second-order valence-corrected chi connectivity index (χ2v) is 5.05. The summed E-state index contributed by atoms with van der Waals surface area (Å²) >= 11 is 8.64. The second kappa shape index (κ2) is 3.01. The maximum Gasteiger partial charge on any atom is 0.0498 e. The second-order valence-electron chi connectivity index (χ2n) is 2.46. The van der Waals surface area contributed by atoms with Crippen molar-refractivity contribution in [2.45, 2.75) is 0 Å². The Labute approximate surface area is 90.8 Å². The third kappa shape index (κ3) is 1.28. The Balaban J connectivity index is 2.92. The lowest BCUT2D eigenvalue weighted by atomic mass is 10.2. The summed E-state index contributed by atoms with van der Waals surface area (Å²) in [5.41, 5.74) is 6.49. The molecule has 0 saturated heterocycles. The van der Waals surface area contributed by atoms with Gasteiger partial charge in [-0.1, -0.05) is 0 Å². The van der Waals surface area contributed by atoms with Crippen LogP contribution in [-0.4, -0.2) is 0 Å². The van der Waals surface area contributed by atoms with Crippen LogP contribution in [0.3, 0.4) is 0 Å². The molecule has 1 heterocycles. The molecule has 2 rings (SSSR count). The summed E-state index contributed by atoms with van der Waals surface area (Å²) in [4.78, 5) is 0. The standard InChI is InChI=1S/C8H5Br2NS/c9-6-2-4(11)1-5-7(10)3-12-8(5)6/h1-3H,11H2. The van der Waals surface area contributed by atoms with Crippen molar-refractivity contribution < 1.29 is 0 Å². The molecule has 0 bridgehead atoms. The number of nitrogen functional groups attached to an aromatic ring is 1. The summed E-state index contributed by atoms with van der Waals surface area (Å²) in [6, 6.07) is 3.89. The Morgan fingerprint density at radius 3 is 2.67 bits per heavy atom. The van der Waals surface area contributed by atoms with Gasteiger partial charge in [-0.05, 0) is 44.0 Å². The average molecular weight is 307 g/mol. The molecule has 0 aliphatic heterocycles. The maximum absolute atomic E-state index is 5.71. The van der Waals surface area contributed by atoms with Gasteiger partial charge in [0.1, 0.15) is 0 Å². The smallest absolute Gasteiger partial charge is 0.0498 e. The lowest BCUT2D eigenvalue weighted by Gasteiger charge is -1.97. The molecule has 0 radical (unpaired) electrons. The molecule has 0 aliphatic carbocycles. The fourth-order valence-corrected chi connectivity index (χ4v) is 3.38. The molecule has 62 valence electrons. The predicted octanol–water partition coefficient (Wildman–Crippen LogP) is 4.01. The van der Waals surface area contributed by atoms with Crippen LogP contribution >= 0.6 is 43.2 Å². The van der Waals surface area contributed by atoms with Gasteiger partial charge in [-0.25, -0.2) is 0 Å². The van der Waals surface area contributed by atoms with Gasteiger partial charge >= 0.3 is 0 Å². The molecule has 0 unspecified atom stereocenters. The Hall–Kier alpha value is -0.0600. The molecule has 4 heteroatoms. The summed E-state index contributed by atoms with van der Waals surface area (Å²) in [5.74, 6) is 0. The van der Waals surface area contributed by atoms with Gasteiger partial charge in [0.2, 0.25) is 0 Å². The number of benzene rings is 1. The zero-order valence-corrected chi connectivity index (χ0v) is 9.96. The number of thiophene rings is 1. The molecule has 0 fully saturated rings. The van der Waals surface area contributed by atoms with Gasteiger partial charge in [-0.15, -0.1) is 11.3 Å². The van der Waals surface area contributed by atoms with Crippen molar-refractivity contribution in [3.05, 3.63) is 26.5 Å². The fraction of sp³-hybridized carbons (Fsp3) is 0. The number of nitrogens with two attached hydrogens (primary N) is 1. The minimum Gasteiger partial charge on any atom is -0.399 e. The first-order chi connectivity index (χ1) is 5.68. The van der Waals surface area contributed by atoms with E-state index >= 15 is 0 Å². The van der Waals surface area contributed by atoms with Crippen LogP contribution in [0.15, 0.2) is 26.5 Å². The highest BCUT2D eigenvalue weighted by atomic mass is 79.9. The van der Waals surface area contributed by atoms with Crippen LogP contribution in [0, 0.1) is 0 Å². The van der Waals surface area contributed by atoms with Crippen molar-refractivity contribution in [3.63, 3.8) is 0 Å². The minimum atomic E-state index is 0.786. The van der Waals surface area contributed by atoms with Crippen LogP contribution in [0.1, 0.15) is 0 Å². The Kier molecular flexibility index (Phi) is 2.14. The van der Waals surface area contributed by atoms with Crippen LogP contribution in [-0.2, 0) is 0 Å². The molecule has 0 saturated carbocycles. The molecular weight excluding hydrogens is 302 g/mol. The minimum absolute atomic E-state index is 0.786. The molecule has 2 aromatic rings. The van der Waals surface area contributed by atoms with E-state index in [0.29, 0.717) is 0 Å². The monoisotopic (exact) mass is 305 g/mol. The third-order valence-electron chi connectivity index (χ3n) is 1.60. The van der Waals surface area contributed by atoms with E-state index in [2.05, 4.69) is 37.2 Å². The van der Waals surface area contributed by atoms with Gasteiger partial charge in [-0.2, -0.15) is 0 Å². The normalized spacial score (nSPS) is 10.8. The molecule has 0 amide bonds. The zero-order valence-electron chi connectivity index (χ0n) is 5.97. The highest BCUT2D eigenvalue weighted by molar-refractivity contribution is 9.11. The van der Waals surface area contributed by atoms with Crippen LogP contribution in [0.4, 0.5) is 5.69 Å². The largest absolute Gasteiger partial charge is 0.399 e. The van der Waals surface area contributed by atoms with Gasteiger partial charge in [0.05, 0.1) is 0 Å². The lowest BCUT2D eigenvalue weighted by molar-refractivity contribution is 1.74. The number of fused-ring (bicyclic) bond motifs is 1. The van der Waals surface area contributed by atoms with Gasteiger partial charge < -0.3 is 5.73 Å². The van der Waals surface area contributed by atoms with E-state index in [0.717, 1.165) is 14.6 Å². The van der Waals surface area contributed by atoms with E-state index in [1.54, 1.807) is 11.3 Å². The molecule has 12 heavy (non-hydrogen) atoms. The topological polar surface area (TPSA) is 26.0 Å². The Morgan fingerprint density at radius 2 is 1.92 bits per heavy atom. The summed E-state index contributed by atoms with van der Waals surface area (Å²) in [5, 5.41) is 3.24. The number of hydrogen-bond donors (Lipinski definition) is 1. The molecule has 1 aromatic heterocycles. The van der Waals surface area contributed by atoms with E-state index in [-0.39, 0.29) is 0 Å². The van der Waals surface area contributed by atoms with E-state index < -0.39 is 0 Å². The lowest BCUT2D eigenvalue weighted by Crippen LogP contribution is -1.83. The highest BCUT2D eigenvalue weighted by Crippen LogP contribution is 2.36. The first-order valence-corrected chi connectivity index (χ1v) is 5.77. The number of halogens is 2. The van der Waals surface area contributed by atoms with Crippen molar-refractivity contribution in [2.24, 2.45) is 0 Å². The quantitative estimate of drug-likeness (QED) is 0.731. The molecule has 1 aromatic carbocycles. The van der Waals surface area contributed by atoms with Crippen LogP contribution < -0.4 is 5.73 Å². The zero-order chi connectivity index (χ0) is 8.72. The molecule has 0 atom stereocenters. The molecule has 1 nitrogen and oxygen atoms in total. The van der Waals surface area contributed by atoms with E-state index in [9.17, 15) is 0 Å². The summed E-state index contributed by atoms with van der Waals surface area (Å²) in [6.45, 7) is 0. The Bertz CT molecular complexity index is 436. The van der Waals surface area contributed by atoms with E-state index in [1.165, 1.54) is 10.1 Å². The maximum atomic E-state index is 5.71. The molecular formula is C8H5Br2NS. The van der Waals surface area contributed by atoms with Crippen molar-refractivity contribution in [3.8, 4) is 0 Å². The SMILES string of the molecule is Nc1cc(Br)c2scc(Br)c2c1. The summed E-state index contributed by atoms with van der Waals surface area (Å²) in [7, 11) is 0. The average Bonchev–Trinajstić information content (AvgIpc) is 2.33. The van der Waals surface area contributed by atoms with Crippen LogP contribution in [0.5, 0.6) is 0 Å². The van der Waals surface area contributed by atoms with Crippen molar-refractivity contribution >= 4 is 59.0 Å². The van der Waals surface area contributed by atoms with Crippen molar-refractivity contribution in [1.29, 1.82) is 0 Å². The fourth-order valence-electron chi connectivity index (χ4n) is 1.09. The number of anilines is 1. The Morgan fingerprint density at radius 1 is 1.17 bits per heavy atom. The van der Waals surface area contributed by atoms with E-state index in [4.69, 9.17) is 5.73 Å². The molecule has 0 spiro atoms. The van der Waals surface area contributed by atoms with Gasteiger partial charge in [0.25, 0.3) is 0 Å². The first kappa shape index (κ1) is 8.53. The van der Waals surface area contributed by atoms with Crippen molar-refractivity contribution in [1.82, 2.24) is 0 Å². The molecule has 0 aliphatic rings. The number of hydrogen-bond acceptors (Lipinski definition) is 2. The summed E-state index contributed by atoms with van der Waals surface area (Å²) < 4.78 is 3.40. The first-order valence-electron chi connectivity index (χ1n) is 3.30. The van der Waals surface area contributed by atoms with Crippen molar-refractivity contribution in [2.75, 3.05) is 5.73 Å². The van der Waals surface area contributed by atoms with Gasteiger partial charge in [0.15, 0.2) is 0 Å². The van der Waals surface area contributed by atoms with Crippen LogP contribution in [0.25, 0.3) is 10.1 Å². The predicted molar refractivity (Wildman–Crippen MR) is 61.6 cm³/mol. The highest BCUT2D eigenvalue weighted by Gasteiger charge is 2.05. The molecule has 2 N–H and O–H groups in total. The third-order valence-corrected chi connectivity index (χ3v) is 4.48. The van der Waals surface area contributed by atoms with Gasteiger partial charge in [0, 0.05) is 30.1 Å².